The van der Waals surface area contributed by atoms with Gasteiger partial charge in [-0.15, -0.1) is 0 Å². The Morgan fingerprint density at radius 1 is 0.577 bits per heavy atom. The van der Waals surface area contributed by atoms with Gasteiger partial charge >= 0.3 is 0 Å². The molecule has 0 aromatic rings. The first-order valence-corrected chi connectivity index (χ1v) is 11.1. The third-order valence-electron chi connectivity index (χ3n) is 4.93. The Hall–Kier alpha value is -0.900. The van der Waals surface area contributed by atoms with E-state index in [-0.39, 0.29) is 5.91 Å². The quantitative estimate of drug-likeness (QED) is 0.289. The van der Waals surface area contributed by atoms with Crippen molar-refractivity contribution in [2.45, 2.75) is 122 Å². The second-order valence-electron chi connectivity index (χ2n) is 7.54. The summed E-state index contributed by atoms with van der Waals surface area (Å²) < 4.78 is 0. The highest BCUT2D eigenvalue weighted by Crippen LogP contribution is 2.14. The molecule has 0 saturated heterocycles. The van der Waals surface area contributed by atoms with Gasteiger partial charge in [0.15, 0.2) is 0 Å². The molecule has 154 valence electrons. The van der Waals surface area contributed by atoms with E-state index in [1.165, 1.54) is 96.3 Å². The first-order chi connectivity index (χ1) is 12.7. The highest BCUT2D eigenvalue weighted by Gasteiger charge is 2.05. The van der Waals surface area contributed by atoms with E-state index in [1.54, 1.807) is 0 Å². The molecule has 2 amide bonds. The average molecular weight is 370 g/mol. The largest absolute Gasteiger partial charge is 0.387 e. The van der Waals surface area contributed by atoms with Gasteiger partial charge in [-0.2, -0.15) is 0 Å². The number of hydrogen-bond donors (Lipinski definition) is 2. The summed E-state index contributed by atoms with van der Waals surface area (Å²) in [6.45, 7) is 1.65. The van der Waals surface area contributed by atoms with Crippen LogP contribution in [0.2, 0.25) is 0 Å². The fourth-order valence-electron chi connectivity index (χ4n) is 3.27. The lowest BCUT2D eigenvalue weighted by Crippen LogP contribution is -2.32. The molecule has 0 fully saturated rings. The van der Waals surface area contributed by atoms with Crippen molar-refractivity contribution < 1.29 is 14.7 Å². The summed E-state index contributed by atoms with van der Waals surface area (Å²) in [7, 11) is 0. The molecule has 0 radical (unpaired) electrons. The first kappa shape index (κ1) is 25.1. The lowest BCUT2D eigenvalue weighted by molar-refractivity contribution is -0.132. The Bertz CT molecular complexity index is 331. The summed E-state index contributed by atoms with van der Waals surface area (Å²) in [5, 5.41) is 10.7. The molecule has 0 aromatic carbocycles. The van der Waals surface area contributed by atoms with Gasteiger partial charge < -0.3 is 5.11 Å². The minimum absolute atomic E-state index is 0.273. The summed E-state index contributed by atoms with van der Waals surface area (Å²) >= 11 is 0. The third-order valence-corrected chi connectivity index (χ3v) is 4.93. The Morgan fingerprint density at radius 3 is 1.27 bits per heavy atom. The number of hydrogen-bond acceptors (Lipinski definition) is 3. The summed E-state index contributed by atoms with van der Waals surface area (Å²) in [4.78, 5) is 22.2. The van der Waals surface area contributed by atoms with Crippen LogP contribution in [0.5, 0.6) is 0 Å². The lowest BCUT2D eigenvalue weighted by atomic mass is 10.0. The number of amides is 2. The van der Waals surface area contributed by atoms with Gasteiger partial charge in [-0.1, -0.05) is 110 Å². The van der Waals surface area contributed by atoms with Crippen molar-refractivity contribution in [3.05, 3.63) is 0 Å². The fourth-order valence-corrected chi connectivity index (χ4v) is 3.27. The molecule has 0 aromatic heterocycles. The van der Waals surface area contributed by atoms with Crippen LogP contribution in [0.25, 0.3) is 0 Å². The van der Waals surface area contributed by atoms with Crippen molar-refractivity contribution >= 4 is 11.8 Å². The normalized spacial score (nSPS) is 10.8. The van der Waals surface area contributed by atoms with Gasteiger partial charge in [0, 0.05) is 6.42 Å². The molecule has 0 rings (SSSR count). The lowest BCUT2D eigenvalue weighted by Gasteiger charge is -2.04. The van der Waals surface area contributed by atoms with E-state index in [1.807, 2.05) is 0 Å². The molecule has 0 saturated carbocycles. The molecular formula is C22H43NO3. The van der Waals surface area contributed by atoms with Crippen LogP contribution in [0.4, 0.5) is 0 Å². The van der Waals surface area contributed by atoms with E-state index in [0.717, 1.165) is 12.8 Å². The molecule has 0 aliphatic heterocycles. The molecule has 0 aliphatic carbocycles. The number of carbonyl (C=O) groups is 2. The Morgan fingerprint density at radius 2 is 0.923 bits per heavy atom. The van der Waals surface area contributed by atoms with Crippen LogP contribution in [-0.4, -0.2) is 23.5 Å². The minimum atomic E-state index is -0.620. The highest BCUT2D eigenvalue weighted by molar-refractivity contribution is 5.95. The third kappa shape index (κ3) is 19.4. The zero-order chi connectivity index (χ0) is 19.3. The molecule has 26 heavy (non-hydrogen) atoms. The van der Waals surface area contributed by atoms with Crippen LogP contribution >= 0.6 is 0 Å². The van der Waals surface area contributed by atoms with Crippen LogP contribution < -0.4 is 5.32 Å². The topological polar surface area (TPSA) is 66.4 Å². The zero-order valence-corrected chi connectivity index (χ0v) is 17.2. The smallest absolute Gasteiger partial charge is 0.252 e. The van der Waals surface area contributed by atoms with Crippen LogP contribution in [-0.2, 0) is 9.59 Å². The summed E-state index contributed by atoms with van der Waals surface area (Å²) in [6.07, 6.45) is 22.7. The Labute approximate surface area is 161 Å². The van der Waals surface area contributed by atoms with Gasteiger partial charge in [-0.3, -0.25) is 14.9 Å². The van der Waals surface area contributed by atoms with Gasteiger partial charge in [0.2, 0.25) is 5.91 Å². The second-order valence-corrected chi connectivity index (χ2v) is 7.54. The van der Waals surface area contributed by atoms with E-state index >= 15 is 0 Å². The van der Waals surface area contributed by atoms with Crippen molar-refractivity contribution in [2.24, 2.45) is 0 Å². The van der Waals surface area contributed by atoms with E-state index in [2.05, 4.69) is 12.2 Å². The number of aliphatic hydroxyl groups is 1. The van der Waals surface area contributed by atoms with Gasteiger partial charge in [-0.25, -0.2) is 0 Å². The second kappa shape index (κ2) is 20.4. The SMILES string of the molecule is CCCCCCCCCCCCCCCCCCCC(=O)NC(=O)CO. The number of aliphatic hydroxyl groups excluding tert-OH is 1. The van der Waals surface area contributed by atoms with E-state index in [9.17, 15) is 9.59 Å². The van der Waals surface area contributed by atoms with Crippen LogP contribution in [0, 0.1) is 0 Å². The summed E-state index contributed by atoms with van der Waals surface area (Å²) in [6, 6.07) is 0. The molecule has 2 N–H and O–H groups in total. The number of unbranched alkanes of at least 4 members (excludes halogenated alkanes) is 16. The molecule has 0 spiro atoms. The van der Waals surface area contributed by atoms with E-state index in [0.29, 0.717) is 6.42 Å². The number of nitrogens with one attached hydrogen (secondary N) is 1. The molecule has 0 heterocycles. The van der Waals surface area contributed by atoms with E-state index in [4.69, 9.17) is 5.11 Å². The summed E-state index contributed by atoms with van der Waals surface area (Å²) in [5.41, 5.74) is 0. The van der Waals surface area contributed by atoms with Crippen molar-refractivity contribution in [2.75, 3.05) is 6.61 Å². The monoisotopic (exact) mass is 369 g/mol. The van der Waals surface area contributed by atoms with Gasteiger partial charge in [0.25, 0.3) is 5.91 Å². The van der Waals surface area contributed by atoms with Gasteiger partial charge in [0.05, 0.1) is 0 Å². The standard InChI is InChI=1S/C22H43NO3/c1-2-3-4-5-6-7-8-9-10-11-12-13-14-15-16-17-18-19-21(25)23-22(26)20-24/h24H,2-20H2,1H3,(H,23,25,26). The zero-order valence-electron chi connectivity index (χ0n) is 17.2. The molecular weight excluding hydrogens is 326 g/mol. The number of imide groups is 1. The maximum atomic E-state index is 11.3. The highest BCUT2D eigenvalue weighted by atomic mass is 16.3. The van der Waals surface area contributed by atoms with Gasteiger partial charge in [-0.05, 0) is 6.42 Å². The number of rotatable bonds is 19. The van der Waals surface area contributed by atoms with Crippen LogP contribution in [0.1, 0.15) is 122 Å². The molecule has 4 heteroatoms. The van der Waals surface area contributed by atoms with Gasteiger partial charge in [0.1, 0.15) is 6.61 Å². The molecule has 0 aliphatic rings. The Balaban J connectivity index is 3.11. The van der Waals surface area contributed by atoms with Crippen molar-refractivity contribution in [1.82, 2.24) is 5.32 Å². The molecule has 0 unspecified atom stereocenters. The fraction of sp³-hybridized carbons (Fsp3) is 0.909. The average Bonchev–Trinajstić information content (AvgIpc) is 2.64. The predicted octanol–water partition coefficient (Wildman–Crippen LogP) is 5.66. The predicted molar refractivity (Wildman–Crippen MR) is 109 cm³/mol. The maximum absolute atomic E-state index is 11.3. The van der Waals surface area contributed by atoms with Crippen LogP contribution in [0.15, 0.2) is 0 Å². The first-order valence-electron chi connectivity index (χ1n) is 11.1. The van der Waals surface area contributed by atoms with Crippen molar-refractivity contribution in [1.29, 1.82) is 0 Å². The van der Waals surface area contributed by atoms with Crippen LogP contribution in [0.3, 0.4) is 0 Å². The minimum Gasteiger partial charge on any atom is -0.387 e. The van der Waals surface area contributed by atoms with Crippen molar-refractivity contribution in [3.63, 3.8) is 0 Å². The summed E-state index contributed by atoms with van der Waals surface area (Å²) in [5.74, 6) is -0.882. The van der Waals surface area contributed by atoms with E-state index < -0.39 is 12.5 Å². The molecule has 0 atom stereocenters. The number of carbonyl (C=O) groups excluding carboxylic acids is 2. The van der Waals surface area contributed by atoms with Crippen molar-refractivity contribution in [3.8, 4) is 0 Å². The Kier molecular flexibility index (Phi) is 19.7. The molecule has 4 nitrogen and oxygen atoms in total. The molecule has 0 bridgehead atoms. The maximum Gasteiger partial charge on any atom is 0.252 e.